The summed E-state index contributed by atoms with van der Waals surface area (Å²) in [6.45, 7) is 3.85. The zero-order valence-electron chi connectivity index (χ0n) is 12.6. The molecule has 1 unspecified atom stereocenters. The molecular formula is C16H25N3O2. The smallest absolute Gasteiger partial charge is 0.409 e. The molecule has 1 fully saturated rings. The fourth-order valence-electron chi connectivity index (χ4n) is 3.10. The summed E-state index contributed by atoms with van der Waals surface area (Å²) in [6.07, 6.45) is 7.43. The number of anilines is 1. The van der Waals surface area contributed by atoms with Gasteiger partial charge >= 0.3 is 6.09 Å². The molecule has 21 heavy (non-hydrogen) atoms. The number of amides is 1. The first-order chi connectivity index (χ1) is 10.2. The van der Waals surface area contributed by atoms with Crippen molar-refractivity contribution in [3.63, 3.8) is 0 Å². The zero-order valence-corrected chi connectivity index (χ0v) is 12.6. The molecule has 0 aromatic carbocycles. The number of carbonyl (C=O) groups is 1. The minimum atomic E-state index is -1.06. The van der Waals surface area contributed by atoms with Crippen molar-refractivity contribution in [2.45, 2.75) is 45.6 Å². The Morgan fingerprint density at radius 1 is 1.43 bits per heavy atom. The molecule has 1 heterocycles. The van der Waals surface area contributed by atoms with E-state index in [2.05, 4.69) is 22.5 Å². The molecule has 5 heteroatoms. The molecular weight excluding hydrogens is 266 g/mol. The molecule has 2 rings (SSSR count). The molecule has 0 spiro atoms. The summed E-state index contributed by atoms with van der Waals surface area (Å²) in [7, 11) is 0. The fraction of sp³-hybridized carbons (Fsp3) is 0.625. The maximum atomic E-state index is 10.8. The van der Waals surface area contributed by atoms with Crippen molar-refractivity contribution >= 4 is 11.8 Å². The number of nitrogens with zero attached hydrogens (tertiary/aromatic N) is 1. The molecule has 1 aliphatic carbocycles. The van der Waals surface area contributed by atoms with E-state index in [0.29, 0.717) is 18.2 Å². The van der Waals surface area contributed by atoms with Crippen molar-refractivity contribution in [1.29, 1.82) is 0 Å². The molecule has 116 valence electrons. The first-order valence-corrected chi connectivity index (χ1v) is 7.81. The molecule has 0 radical (unpaired) electrons. The molecule has 0 bridgehead atoms. The van der Waals surface area contributed by atoms with Crippen molar-refractivity contribution in [2.75, 3.05) is 11.9 Å². The van der Waals surface area contributed by atoms with Gasteiger partial charge < -0.3 is 10.4 Å². The quantitative estimate of drug-likeness (QED) is 0.750. The normalized spacial score (nSPS) is 17.4. The number of pyridine rings is 1. The predicted octanol–water partition coefficient (Wildman–Crippen LogP) is 3.48. The van der Waals surface area contributed by atoms with E-state index in [1.807, 2.05) is 0 Å². The third-order valence-corrected chi connectivity index (χ3v) is 4.35. The lowest BCUT2D eigenvalue weighted by molar-refractivity contribution is 0.209. The van der Waals surface area contributed by atoms with E-state index in [1.54, 1.807) is 18.3 Å². The van der Waals surface area contributed by atoms with E-state index in [0.717, 1.165) is 18.2 Å². The highest BCUT2D eigenvalue weighted by atomic mass is 16.4. The second-order valence-electron chi connectivity index (χ2n) is 5.93. The average Bonchev–Trinajstić information content (AvgIpc) is 2.49. The van der Waals surface area contributed by atoms with Gasteiger partial charge in [-0.2, -0.15) is 0 Å². The van der Waals surface area contributed by atoms with Gasteiger partial charge in [-0.1, -0.05) is 39.0 Å². The van der Waals surface area contributed by atoms with Crippen LogP contribution in [0.3, 0.4) is 0 Å². The molecule has 1 atom stereocenters. The van der Waals surface area contributed by atoms with Crippen LogP contribution >= 0.6 is 0 Å². The van der Waals surface area contributed by atoms with E-state index < -0.39 is 6.09 Å². The molecule has 0 aliphatic heterocycles. The first-order valence-electron chi connectivity index (χ1n) is 7.81. The van der Waals surface area contributed by atoms with Crippen LogP contribution in [-0.4, -0.2) is 22.7 Å². The van der Waals surface area contributed by atoms with E-state index in [9.17, 15) is 4.79 Å². The lowest BCUT2D eigenvalue weighted by Gasteiger charge is -2.27. The minimum Gasteiger partial charge on any atom is -0.465 e. The summed E-state index contributed by atoms with van der Waals surface area (Å²) in [6, 6.07) is 3.47. The summed E-state index contributed by atoms with van der Waals surface area (Å²) in [5.41, 5.74) is 1.30. The summed E-state index contributed by atoms with van der Waals surface area (Å²) in [4.78, 5) is 15.0. The van der Waals surface area contributed by atoms with Crippen LogP contribution in [0.25, 0.3) is 0 Å². The molecule has 1 aromatic heterocycles. The Bertz CT molecular complexity index is 459. The minimum absolute atomic E-state index is 0.558. The summed E-state index contributed by atoms with van der Waals surface area (Å²) < 4.78 is 0. The van der Waals surface area contributed by atoms with Gasteiger partial charge in [0.25, 0.3) is 0 Å². The molecule has 1 aliphatic rings. The van der Waals surface area contributed by atoms with Crippen LogP contribution in [0.5, 0.6) is 0 Å². The Balaban J connectivity index is 1.81. The first kappa shape index (κ1) is 15.8. The molecule has 1 amide bonds. The Hall–Kier alpha value is -1.62. The third-order valence-electron chi connectivity index (χ3n) is 4.35. The monoisotopic (exact) mass is 291 g/mol. The number of carboxylic acid groups (broad SMARTS) is 1. The topological polar surface area (TPSA) is 74.2 Å². The summed E-state index contributed by atoms with van der Waals surface area (Å²) in [5, 5.41) is 14.6. The van der Waals surface area contributed by atoms with Gasteiger partial charge in [-0.25, -0.2) is 4.79 Å². The van der Waals surface area contributed by atoms with Crippen LogP contribution < -0.4 is 10.6 Å². The second-order valence-corrected chi connectivity index (χ2v) is 5.93. The Morgan fingerprint density at radius 3 is 2.90 bits per heavy atom. The Morgan fingerprint density at radius 2 is 2.19 bits per heavy atom. The van der Waals surface area contributed by atoms with Gasteiger partial charge in [0, 0.05) is 12.7 Å². The van der Waals surface area contributed by atoms with Crippen LogP contribution in [-0.2, 0) is 6.54 Å². The maximum Gasteiger partial charge on any atom is 0.409 e. The second kappa shape index (κ2) is 7.98. The van der Waals surface area contributed by atoms with Crippen molar-refractivity contribution < 1.29 is 9.90 Å². The fourth-order valence-corrected chi connectivity index (χ4v) is 3.10. The standard InChI is InChI=1S/C16H25N3O2/c1-12(13-6-3-2-4-7-13)10-17-11-15-14(19-16(20)21)8-5-9-18-15/h5,8-9,12-13,17,19H,2-4,6-7,10-11H2,1H3,(H,20,21). The van der Waals surface area contributed by atoms with Crippen LogP contribution in [0, 0.1) is 11.8 Å². The van der Waals surface area contributed by atoms with Gasteiger partial charge in [0.05, 0.1) is 11.4 Å². The molecule has 1 saturated carbocycles. The maximum absolute atomic E-state index is 10.8. The molecule has 1 aromatic rings. The Kier molecular flexibility index (Phi) is 5.99. The van der Waals surface area contributed by atoms with Gasteiger partial charge in [-0.3, -0.25) is 10.3 Å². The van der Waals surface area contributed by atoms with E-state index >= 15 is 0 Å². The van der Waals surface area contributed by atoms with Crippen LogP contribution in [0.15, 0.2) is 18.3 Å². The lowest BCUT2D eigenvalue weighted by Crippen LogP contribution is -2.28. The summed E-state index contributed by atoms with van der Waals surface area (Å²) in [5.74, 6) is 1.48. The van der Waals surface area contributed by atoms with Gasteiger partial charge in [0.1, 0.15) is 0 Å². The van der Waals surface area contributed by atoms with Gasteiger partial charge in [-0.15, -0.1) is 0 Å². The molecule has 3 N–H and O–H groups in total. The van der Waals surface area contributed by atoms with Crippen LogP contribution in [0.2, 0.25) is 0 Å². The van der Waals surface area contributed by atoms with Crippen molar-refractivity contribution in [2.24, 2.45) is 11.8 Å². The number of aromatic nitrogens is 1. The van der Waals surface area contributed by atoms with Crippen molar-refractivity contribution in [3.8, 4) is 0 Å². The van der Waals surface area contributed by atoms with E-state index in [1.165, 1.54) is 32.1 Å². The molecule has 0 saturated heterocycles. The Labute approximate surface area is 126 Å². The number of nitrogens with one attached hydrogen (secondary N) is 2. The van der Waals surface area contributed by atoms with Crippen molar-refractivity contribution in [1.82, 2.24) is 10.3 Å². The SMILES string of the molecule is CC(CNCc1ncccc1NC(=O)O)C1CCCCC1. The highest BCUT2D eigenvalue weighted by Crippen LogP contribution is 2.29. The number of hydrogen-bond acceptors (Lipinski definition) is 3. The van der Waals surface area contributed by atoms with Crippen molar-refractivity contribution in [3.05, 3.63) is 24.0 Å². The largest absolute Gasteiger partial charge is 0.465 e. The van der Waals surface area contributed by atoms with Gasteiger partial charge in [-0.05, 0) is 30.5 Å². The lowest BCUT2D eigenvalue weighted by atomic mass is 9.81. The average molecular weight is 291 g/mol. The van der Waals surface area contributed by atoms with E-state index in [4.69, 9.17) is 5.11 Å². The third kappa shape index (κ3) is 5.01. The number of rotatable bonds is 6. The van der Waals surface area contributed by atoms with Crippen LogP contribution in [0.4, 0.5) is 10.5 Å². The van der Waals surface area contributed by atoms with Gasteiger partial charge in [0.2, 0.25) is 0 Å². The summed E-state index contributed by atoms with van der Waals surface area (Å²) >= 11 is 0. The molecule has 5 nitrogen and oxygen atoms in total. The van der Waals surface area contributed by atoms with E-state index in [-0.39, 0.29) is 0 Å². The van der Waals surface area contributed by atoms with Gasteiger partial charge in [0.15, 0.2) is 0 Å². The highest BCUT2D eigenvalue weighted by molar-refractivity contribution is 5.83. The zero-order chi connectivity index (χ0) is 15.1. The highest BCUT2D eigenvalue weighted by Gasteiger charge is 2.19. The van der Waals surface area contributed by atoms with Crippen LogP contribution in [0.1, 0.15) is 44.7 Å². The predicted molar refractivity (Wildman–Crippen MR) is 83.3 cm³/mol. The number of hydrogen-bond donors (Lipinski definition) is 3.